The molecule has 13 rings (SSSR count). The highest BCUT2D eigenvalue weighted by Crippen LogP contribution is 2.43. The van der Waals surface area contributed by atoms with Crippen LogP contribution < -0.4 is 0 Å². The predicted molar refractivity (Wildman–Crippen MR) is 262 cm³/mol. The molecule has 9 aromatic carbocycles. The van der Waals surface area contributed by atoms with Crippen molar-refractivity contribution in [1.29, 1.82) is 0 Å². The van der Waals surface area contributed by atoms with Gasteiger partial charge in [0.15, 0.2) is 23.1 Å². The number of hydrogen-bond donors (Lipinski definition) is 0. The third-order valence-corrected chi connectivity index (χ3v) is 12.4. The molecule has 0 aliphatic heterocycles. The molecule has 0 fully saturated rings. The molecule has 13 aromatic rings. The second-order valence-electron chi connectivity index (χ2n) is 14.9. The lowest BCUT2D eigenvalue weighted by atomic mass is 10.0. The van der Waals surface area contributed by atoms with Gasteiger partial charge in [-0.2, -0.15) is 0 Å². The number of aromatic nitrogens is 4. The Kier molecular flexibility index (Phi) is 5.48. The van der Waals surface area contributed by atoms with Crippen molar-refractivity contribution in [2.45, 2.75) is 0 Å². The molecule has 4 heterocycles. The van der Waals surface area contributed by atoms with Crippen LogP contribution in [-0.4, -0.2) is 19.5 Å². The lowest BCUT2D eigenvalue weighted by Crippen LogP contribution is -2.00. The molecular weight excluding hydrogens is 789 g/mol. The third kappa shape index (κ3) is 5.80. The van der Waals surface area contributed by atoms with Crippen LogP contribution in [0.1, 0.15) is 19.2 Å². The Bertz CT molecular complexity index is 4720. The van der Waals surface area contributed by atoms with Gasteiger partial charge in [-0.15, -0.1) is 11.3 Å². The van der Waals surface area contributed by atoms with Crippen molar-refractivity contribution in [3.05, 3.63) is 206 Å². The Labute approximate surface area is 385 Å². The molecule has 4 aromatic heterocycles. The molecule has 294 valence electrons. The SMILES string of the molecule is [2H]c1c([2H])c([2H])c(-c2ccc3c(c2[2H])c2c([2H])c([2H])c([2H])c([2H])c2n3-c2c([2H])c([2H])c([2H])c3c2oc2cc(-c4nc(-c5ccccc5)nc(-c5cccc6sc7cc(-c8ccccc8)ccc7c56)n4)cc([2H])c23)c([2H])c1[2H]. The van der Waals surface area contributed by atoms with Gasteiger partial charge in [0.25, 0.3) is 0 Å². The van der Waals surface area contributed by atoms with Crippen LogP contribution in [0.25, 0.3) is 126 Å². The van der Waals surface area contributed by atoms with Gasteiger partial charge in [0.1, 0.15) is 5.58 Å². The zero-order chi connectivity index (χ0) is 53.6. The summed E-state index contributed by atoms with van der Waals surface area (Å²) in [5, 5.41) is 1.78. The van der Waals surface area contributed by atoms with E-state index in [1.165, 1.54) is 22.8 Å². The first-order chi connectivity index (χ1) is 37.0. The van der Waals surface area contributed by atoms with E-state index in [0.717, 1.165) is 36.9 Å². The van der Waals surface area contributed by atoms with Crippen molar-refractivity contribution >= 4 is 75.3 Å². The monoisotopic (exact) mass is 836 g/mol. The van der Waals surface area contributed by atoms with Crippen LogP contribution in [0.3, 0.4) is 0 Å². The summed E-state index contributed by atoms with van der Waals surface area (Å²) in [7, 11) is 0. The van der Waals surface area contributed by atoms with E-state index >= 15 is 0 Å². The fourth-order valence-electron chi connectivity index (χ4n) is 8.37. The van der Waals surface area contributed by atoms with E-state index in [2.05, 4.69) is 36.4 Å². The predicted octanol–water partition coefficient (Wildman–Crippen LogP) is 15.6. The summed E-state index contributed by atoms with van der Waals surface area (Å²) >= 11 is 1.66. The second kappa shape index (κ2) is 14.2. The molecule has 6 heteroatoms. The van der Waals surface area contributed by atoms with E-state index in [4.69, 9.17) is 29.0 Å². The number of benzene rings is 9. The van der Waals surface area contributed by atoms with Gasteiger partial charge in [-0.1, -0.05) is 157 Å². The molecule has 0 saturated heterocycles. The topological polar surface area (TPSA) is 56.7 Å². The largest absolute Gasteiger partial charge is 0.454 e. The summed E-state index contributed by atoms with van der Waals surface area (Å²) in [6.45, 7) is 0. The molecule has 0 aliphatic carbocycles. The Hall–Kier alpha value is -8.19. The lowest BCUT2D eigenvalue weighted by molar-refractivity contribution is 0.666. The summed E-state index contributed by atoms with van der Waals surface area (Å²) < 4.78 is 135. The first kappa shape index (κ1) is 24.3. The van der Waals surface area contributed by atoms with Gasteiger partial charge >= 0.3 is 0 Å². The standard InChI is InChI=1S/C57H34N4OS/c1-4-14-35(15-5-1)38-28-31-48-46(32-38)41-20-10-11-23-47(41)61(48)49-24-12-21-43-42-29-27-40(33-50(42)62-54(43)49)56-58-55(37-18-8-3-9-19-37)59-57(60-56)45-22-13-25-51-53(45)44-30-26-39(34-52(44)63-51)36-16-6-2-7-17-36/h1-34H/i1D,4D,5D,10D,11D,12D,14D,15D,20D,21D,23D,24D,29D,32D. The van der Waals surface area contributed by atoms with E-state index in [0.29, 0.717) is 22.8 Å². The number of nitrogens with zero attached hydrogens (tertiary/aromatic N) is 4. The molecule has 0 N–H and O–H groups in total. The van der Waals surface area contributed by atoms with Crippen molar-refractivity contribution in [2.24, 2.45) is 0 Å². The van der Waals surface area contributed by atoms with Gasteiger partial charge in [-0.05, 0) is 70.7 Å². The van der Waals surface area contributed by atoms with Crippen molar-refractivity contribution in [3.63, 3.8) is 0 Å². The van der Waals surface area contributed by atoms with Crippen LogP contribution in [0.5, 0.6) is 0 Å². The molecular formula is C57H34N4OS. The summed E-state index contributed by atoms with van der Waals surface area (Å²) in [6.07, 6.45) is 0. The van der Waals surface area contributed by atoms with E-state index < -0.39 is 78.6 Å². The van der Waals surface area contributed by atoms with E-state index in [1.54, 1.807) is 17.4 Å². The minimum atomic E-state index is -0.648. The average Bonchev–Trinajstić information content (AvgIpc) is 4.36. The van der Waals surface area contributed by atoms with Crippen LogP contribution >= 0.6 is 11.3 Å². The Morgan fingerprint density at radius 2 is 1.19 bits per heavy atom. The number of furan rings is 1. The fraction of sp³-hybridized carbons (Fsp3) is 0. The summed E-state index contributed by atoms with van der Waals surface area (Å²) in [6, 6.07) is 30.2. The van der Waals surface area contributed by atoms with Gasteiger partial charge in [0.2, 0.25) is 0 Å². The first-order valence-electron chi connectivity index (χ1n) is 26.9. The maximum absolute atomic E-state index is 9.59. The molecule has 0 radical (unpaired) electrons. The number of rotatable bonds is 6. The molecule has 0 unspecified atom stereocenters. The second-order valence-corrected chi connectivity index (χ2v) is 16.0. The van der Waals surface area contributed by atoms with Crippen molar-refractivity contribution in [1.82, 2.24) is 19.5 Å². The molecule has 5 nitrogen and oxygen atoms in total. The Morgan fingerprint density at radius 3 is 2.05 bits per heavy atom. The lowest BCUT2D eigenvalue weighted by Gasteiger charge is -2.10. The molecule has 0 bridgehead atoms. The van der Waals surface area contributed by atoms with Crippen LogP contribution in [0.2, 0.25) is 0 Å². The van der Waals surface area contributed by atoms with E-state index in [1.807, 2.05) is 60.7 Å². The number of hydrogen-bond acceptors (Lipinski definition) is 5. The highest BCUT2D eigenvalue weighted by Gasteiger charge is 2.21. The normalized spacial score (nSPS) is 14.9. The van der Waals surface area contributed by atoms with Gasteiger partial charge in [-0.25, -0.2) is 15.0 Å². The van der Waals surface area contributed by atoms with Crippen LogP contribution in [0.15, 0.2) is 210 Å². The first-order valence-corrected chi connectivity index (χ1v) is 20.8. The minimum Gasteiger partial charge on any atom is -0.454 e. The van der Waals surface area contributed by atoms with E-state index in [-0.39, 0.29) is 72.4 Å². The van der Waals surface area contributed by atoms with Gasteiger partial charge in [-0.3, -0.25) is 0 Å². The van der Waals surface area contributed by atoms with Crippen LogP contribution in [0.4, 0.5) is 0 Å². The Balaban J connectivity index is 1.05. The molecule has 63 heavy (non-hydrogen) atoms. The van der Waals surface area contributed by atoms with Gasteiger partial charge in [0, 0.05) is 58.4 Å². The molecule has 0 amide bonds. The van der Waals surface area contributed by atoms with Crippen molar-refractivity contribution in [2.75, 3.05) is 0 Å². The molecule has 0 atom stereocenters. The highest BCUT2D eigenvalue weighted by atomic mass is 32.1. The minimum absolute atomic E-state index is 0.0296. The zero-order valence-electron chi connectivity index (χ0n) is 46.7. The van der Waals surface area contributed by atoms with Crippen molar-refractivity contribution < 1.29 is 23.6 Å². The molecule has 0 spiro atoms. The Morgan fingerprint density at radius 1 is 0.444 bits per heavy atom. The summed E-state index contributed by atoms with van der Waals surface area (Å²) in [5.74, 6) is 0.922. The van der Waals surface area contributed by atoms with Gasteiger partial charge < -0.3 is 8.98 Å². The average molecular weight is 837 g/mol. The number of thiophene rings is 1. The summed E-state index contributed by atoms with van der Waals surface area (Å²) in [5.41, 5.74) is 3.05. The zero-order valence-corrected chi connectivity index (χ0v) is 33.5. The number of fused-ring (bicyclic) bond motifs is 9. The molecule has 0 aliphatic rings. The number of para-hydroxylation sites is 2. The van der Waals surface area contributed by atoms with Crippen LogP contribution in [-0.2, 0) is 0 Å². The maximum Gasteiger partial charge on any atom is 0.164 e. The smallest absolute Gasteiger partial charge is 0.164 e. The summed E-state index contributed by atoms with van der Waals surface area (Å²) in [4.78, 5) is 15.1. The highest BCUT2D eigenvalue weighted by molar-refractivity contribution is 7.26. The third-order valence-electron chi connectivity index (χ3n) is 11.2. The maximum atomic E-state index is 9.59. The quantitative estimate of drug-likeness (QED) is 0.167. The van der Waals surface area contributed by atoms with E-state index in [9.17, 15) is 9.60 Å². The fourth-order valence-corrected chi connectivity index (χ4v) is 9.54. The van der Waals surface area contributed by atoms with Crippen molar-refractivity contribution in [3.8, 4) is 62.1 Å². The molecule has 0 saturated carbocycles. The van der Waals surface area contributed by atoms with Gasteiger partial charge in [0.05, 0.1) is 35.9 Å². The van der Waals surface area contributed by atoms with Crippen LogP contribution in [0, 0.1) is 0 Å².